The summed E-state index contributed by atoms with van der Waals surface area (Å²) in [5.41, 5.74) is 2.06. The molecule has 380 valence electrons. The zero-order valence-corrected chi connectivity index (χ0v) is 42.9. The summed E-state index contributed by atoms with van der Waals surface area (Å²) in [7, 11) is -0.627. The maximum atomic E-state index is 14.8. The Balaban J connectivity index is 0.954. The number of aromatic amines is 1. The third-order valence-corrected chi connectivity index (χ3v) is 15.8. The van der Waals surface area contributed by atoms with Crippen LogP contribution < -0.4 is 21.8 Å². The van der Waals surface area contributed by atoms with Crippen molar-refractivity contribution in [1.29, 1.82) is 0 Å². The molecule has 2 amide bonds. The number of allylic oxidation sites excluding steroid dienone is 1. The lowest BCUT2D eigenvalue weighted by Crippen LogP contribution is -2.74. The van der Waals surface area contributed by atoms with E-state index < -0.39 is 62.8 Å². The lowest BCUT2D eigenvalue weighted by Gasteiger charge is -2.49. The molecule has 1 saturated heterocycles. The van der Waals surface area contributed by atoms with Crippen molar-refractivity contribution < 1.29 is 28.2 Å². The van der Waals surface area contributed by atoms with Crippen LogP contribution in [0.25, 0.3) is 0 Å². The van der Waals surface area contributed by atoms with Gasteiger partial charge in [-0.05, 0) is 50.4 Å². The number of nitrogens with zero attached hydrogens (tertiary/aromatic N) is 5. The number of esters is 1. The number of anilines is 1. The third-order valence-electron chi connectivity index (χ3n) is 12.7. The van der Waals surface area contributed by atoms with Gasteiger partial charge in [0.25, 0.3) is 11.8 Å². The van der Waals surface area contributed by atoms with Crippen LogP contribution in [0, 0.1) is 0 Å². The largest absolute Gasteiger partial charge is 0.448 e. The van der Waals surface area contributed by atoms with Crippen molar-refractivity contribution in [1.82, 2.24) is 30.0 Å². The summed E-state index contributed by atoms with van der Waals surface area (Å²) >= 11 is 2.20. The summed E-state index contributed by atoms with van der Waals surface area (Å²) in [4.78, 5) is 80.4. The molecule has 19 heteroatoms. The van der Waals surface area contributed by atoms with Crippen molar-refractivity contribution in [3.63, 3.8) is 0 Å². The summed E-state index contributed by atoms with van der Waals surface area (Å²) in [5, 5.41) is 19.4. The second-order valence-corrected chi connectivity index (χ2v) is 20.6. The summed E-state index contributed by atoms with van der Waals surface area (Å²) in [6.07, 6.45) is 0.582. The standard InChI is InChI=1S/C57H46N8O8S3/c1-72-63-45(44-35-75-55(58-44)60-57(41-26-14-5-15-27-41,42-28-16-6-17-29-42)43-30-18-7-19-31-43)49(66)59-46-51(68)65-47(54(70)73-48(38-22-10-3-11-23-38)39-24-12-4-13-25-39)40(36-76(71)53(46)65)32-33-74-56-62-61-50(67)52(69)64(56)34-37-20-8-2-9-21-37/h2-33,35,46,48,53H,34,36H2,1H3,(H,58,60)(H,59,66)(H,61,67)/b33-32+,63-45+. The first-order valence-electron chi connectivity index (χ1n) is 23.8. The lowest BCUT2D eigenvalue weighted by molar-refractivity contribution is -0.154. The number of carbonyl (C=O) groups excluding carboxylic acids is 3. The number of oxime groups is 1. The SMILES string of the molecule is CO/N=C(/C(=O)NC1C(=O)N2C(C(=O)OC(c3ccccc3)c3ccccc3)=C(/C=C/Sc3n[nH]c(=O)c(=O)n3Cc3ccccc3)CS(=O)C12)c1csc(NC(c2ccccc2)(c2ccccc2)c2ccccc2)n1. The molecular weight excluding hydrogens is 1020 g/mol. The maximum Gasteiger partial charge on any atom is 0.356 e. The summed E-state index contributed by atoms with van der Waals surface area (Å²) in [6, 6.07) is 55.7. The van der Waals surface area contributed by atoms with Gasteiger partial charge in [0, 0.05) is 5.38 Å². The predicted molar refractivity (Wildman–Crippen MR) is 292 cm³/mol. The van der Waals surface area contributed by atoms with Gasteiger partial charge in [0.1, 0.15) is 35.5 Å². The molecule has 0 spiro atoms. The molecule has 76 heavy (non-hydrogen) atoms. The third kappa shape index (κ3) is 10.3. The average Bonchev–Trinajstić information content (AvgIpc) is 3.97. The molecule has 10 rings (SSSR count). The van der Waals surface area contributed by atoms with E-state index in [1.165, 1.54) is 34.5 Å². The van der Waals surface area contributed by atoms with Crippen molar-refractivity contribution in [2.24, 2.45) is 5.16 Å². The van der Waals surface area contributed by atoms with Crippen LogP contribution in [0.2, 0.25) is 0 Å². The lowest BCUT2D eigenvalue weighted by atomic mass is 9.77. The Bertz CT molecular complexity index is 3500. The first kappa shape index (κ1) is 50.7. The van der Waals surface area contributed by atoms with E-state index in [-0.39, 0.29) is 40.1 Å². The zero-order chi connectivity index (χ0) is 52.6. The van der Waals surface area contributed by atoms with Gasteiger partial charge in [-0.15, -0.1) is 16.4 Å². The number of benzene rings is 6. The van der Waals surface area contributed by atoms with Gasteiger partial charge in [0.05, 0.1) is 23.1 Å². The van der Waals surface area contributed by atoms with Crippen molar-refractivity contribution in [2.45, 2.75) is 34.8 Å². The molecule has 0 aliphatic carbocycles. The minimum Gasteiger partial charge on any atom is -0.448 e. The van der Waals surface area contributed by atoms with Crippen LogP contribution in [0.3, 0.4) is 0 Å². The number of thiazole rings is 1. The number of H-pyrrole nitrogens is 1. The minimum atomic E-state index is -1.91. The highest BCUT2D eigenvalue weighted by molar-refractivity contribution is 8.02. The Morgan fingerprint density at radius 2 is 1.36 bits per heavy atom. The fourth-order valence-corrected chi connectivity index (χ4v) is 12.3. The van der Waals surface area contributed by atoms with E-state index in [2.05, 4.69) is 26.0 Å². The summed E-state index contributed by atoms with van der Waals surface area (Å²) < 4.78 is 22.0. The molecule has 1 fully saturated rings. The van der Waals surface area contributed by atoms with Crippen LogP contribution in [-0.2, 0) is 46.8 Å². The molecule has 0 bridgehead atoms. The van der Waals surface area contributed by atoms with Gasteiger partial charge in [-0.3, -0.25) is 32.9 Å². The highest BCUT2D eigenvalue weighted by Gasteiger charge is 2.57. The van der Waals surface area contributed by atoms with Gasteiger partial charge in [-0.25, -0.2) is 14.9 Å². The van der Waals surface area contributed by atoms with Crippen LogP contribution >= 0.6 is 23.1 Å². The number of aromatic nitrogens is 4. The Kier molecular flexibility index (Phi) is 15.2. The van der Waals surface area contributed by atoms with E-state index >= 15 is 0 Å². The quantitative estimate of drug-likeness (QED) is 0.0145. The van der Waals surface area contributed by atoms with Crippen molar-refractivity contribution in [3.8, 4) is 0 Å². The van der Waals surface area contributed by atoms with E-state index in [4.69, 9.17) is 14.6 Å². The normalized spacial score (nSPS) is 16.5. The van der Waals surface area contributed by atoms with Crippen LogP contribution in [0.4, 0.5) is 5.13 Å². The number of hydrogen-bond acceptors (Lipinski definition) is 14. The second kappa shape index (κ2) is 22.8. The molecule has 6 aromatic carbocycles. The van der Waals surface area contributed by atoms with Gasteiger partial charge >= 0.3 is 17.1 Å². The molecule has 3 unspecified atom stereocenters. The molecule has 3 N–H and O–H groups in total. The van der Waals surface area contributed by atoms with Gasteiger partial charge in [0.15, 0.2) is 22.1 Å². The number of fused-ring (bicyclic) bond motifs is 1. The Hall–Kier alpha value is -8.78. The van der Waals surface area contributed by atoms with Gasteiger partial charge in [-0.2, -0.15) is 0 Å². The molecular formula is C57H46N8O8S3. The van der Waals surface area contributed by atoms with Crippen LogP contribution in [0.15, 0.2) is 230 Å². The Morgan fingerprint density at radius 1 is 0.816 bits per heavy atom. The number of thioether (sulfide) groups is 1. The molecule has 0 saturated carbocycles. The number of β-lactam (4-membered cyclic amide) rings is 1. The first-order valence-corrected chi connectivity index (χ1v) is 26.9. The van der Waals surface area contributed by atoms with Crippen LogP contribution in [-0.4, -0.2) is 76.6 Å². The van der Waals surface area contributed by atoms with Crippen LogP contribution in [0.5, 0.6) is 0 Å². The fraction of sp³-hybridized carbons (Fsp3) is 0.123. The van der Waals surface area contributed by atoms with Crippen LogP contribution in [0.1, 0.15) is 45.2 Å². The van der Waals surface area contributed by atoms with E-state index in [1.54, 1.807) is 29.6 Å². The Morgan fingerprint density at radius 3 is 1.91 bits per heavy atom. The van der Waals surface area contributed by atoms with Crippen molar-refractivity contribution in [3.05, 3.63) is 270 Å². The van der Waals surface area contributed by atoms with E-state index in [0.717, 1.165) is 38.9 Å². The Labute approximate surface area is 446 Å². The number of ether oxygens (including phenoxy) is 1. The highest BCUT2D eigenvalue weighted by atomic mass is 32.2. The van der Waals surface area contributed by atoms with Crippen molar-refractivity contribution in [2.75, 3.05) is 18.2 Å². The van der Waals surface area contributed by atoms with Gasteiger partial charge in [-0.1, -0.05) is 199 Å². The smallest absolute Gasteiger partial charge is 0.356 e. The molecule has 2 aliphatic rings. The van der Waals surface area contributed by atoms with E-state index in [9.17, 15) is 28.2 Å². The summed E-state index contributed by atoms with van der Waals surface area (Å²) in [5.74, 6) is -2.71. The molecule has 16 nitrogen and oxygen atoms in total. The molecule has 0 radical (unpaired) electrons. The second-order valence-electron chi connectivity index (χ2n) is 17.3. The molecule has 2 aliphatic heterocycles. The number of rotatable bonds is 18. The number of hydrogen-bond donors (Lipinski definition) is 3. The molecule has 8 aromatic rings. The fourth-order valence-electron chi connectivity index (χ4n) is 9.14. The highest BCUT2D eigenvalue weighted by Crippen LogP contribution is 2.42. The monoisotopic (exact) mass is 1070 g/mol. The summed E-state index contributed by atoms with van der Waals surface area (Å²) in [6.45, 7) is 0.0449. The minimum absolute atomic E-state index is 0.0449. The average molecular weight is 1070 g/mol. The maximum absolute atomic E-state index is 14.8. The first-order chi connectivity index (χ1) is 37.1. The van der Waals surface area contributed by atoms with Crippen molar-refractivity contribution >= 4 is 62.5 Å². The van der Waals surface area contributed by atoms with E-state index in [1.807, 2.05) is 158 Å². The molecule has 2 aromatic heterocycles. The number of carbonyl (C=O) groups is 3. The van der Waals surface area contributed by atoms with Gasteiger partial charge < -0.3 is 20.2 Å². The predicted octanol–water partition coefficient (Wildman–Crippen LogP) is 7.50. The number of amides is 2. The van der Waals surface area contributed by atoms with Gasteiger partial charge in [0.2, 0.25) is 0 Å². The molecule has 4 heterocycles. The van der Waals surface area contributed by atoms with E-state index in [0.29, 0.717) is 16.3 Å². The number of nitrogens with one attached hydrogen (secondary N) is 3. The molecule has 3 atom stereocenters. The topological polar surface area (TPSA) is 207 Å². The zero-order valence-electron chi connectivity index (χ0n) is 40.4.